The highest BCUT2D eigenvalue weighted by atomic mass is 35.5. The molecule has 102 valence electrons. The summed E-state index contributed by atoms with van der Waals surface area (Å²) in [7, 11) is 0. The summed E-state index contributed by atoms with van der Waals surface area (Å²) in [6, 6.07) is -1.40. The maximum Gasteiger partial charge on any atom is 0.416 e. The van der Waals surface area contributed by atoms with Gasteiger partial charge in [-0.25, -0.2) is 9.98 Å². The SMILES string of the molecule is NC(=O)c1csc(C2N=C(Cl)NC=C2C(F)(F)F)n1. The van der Waals surface area contributed by atoms with Gasteiger partial charge in [0.05, 0.1) is 5.57 Å². The Bertz CT molecular complexity index is 580. The Labute approximate surface area is 114 Å². The zero-order valence-electron chi connectivity index (χ0n) is 9.03. The van der Waals surface area contributed by atoms with Gasteiger partial charge in [-0.1, -0.05) is 0 Å². The second-order valence-electron chi connectivity index (χ2n) is 3.50. The van der Waals surface area contributed by atoms with Crippen LogP contribution in [0.1, 0.15) is 21.5 Å². The minimum absolute atomic E-state index is 0.00275. The van der Waals surface area contributed by atoms with Gasteiger partial charge < -0.3 is 11.1 Å². The molecular formula is C9H6ClF3N4OS. The number of nitrogens with one attached hydrogen (secondary N) is 1. The van der Waals surface area contributed by atoms with E-state index in [0.717, 1.165) is 17.5 Å². The normalized spacial score (nSPS) is 19.5. The van der Waals surface area contributed by atoms with Gasteiger partial charge in [0.25, 0.3) is 5.91 Å². The lowest BCUT2D eigenvalue weighted by atomic mass is 10.1. The molecule has 1 unspecified atom stereocenters. The highest BCUT2D eigenvalue weighted by molar-refractivity contribution is 7.10. The predicted octanol–water partition coefficient (Wildman–Crippen LogP) is 1.93. The number of amidine groups is 1. The fourth-order valence-corrected chi connectivity index (χ4v) is 2.40. The number of carbonyl (C=O) groups excluding carboxylic acids is 1. The molecule has 1 aliphatic heterocycles. The van der Waals surface area contributed by atoms with E-state index in [9.17, 15) is 18.0 Å². The van der Waals surface area contributed by atoms with Gasteiger partial charge in [-0.3, -0.25) is 4.79 Å². The van der Waals surface area contributed by atoms with Crippen LogP contribution in [0.5, 0.6) is 0 Å². The quantitative estimate of drug-likeness (QED) is 0.819. The maximum atomic E-state index is 12.8. The summed E-state index contributed by atoms with van der Waals surface area (Å²) in [6.45, 7) is 0. The Balaban J connectivity index is 2.41. The van der Waals surface area contributed by atoms with E-state index in [1.54, 1.807) is 0 Å². The number of aromatic nitrogens is 1. The summed E-state index contributed by atoms with van der Waals surface area (Å²) in [5.74, 6) is -0.816. The van der Waals surface area contributed by atoms with Crippen LogP contribution in [0.3, 0.4) is 0 Å². The molecule has 1 aliphatic rings. The van der Waals surface area contributed by atoms with Crippen molar-refractivity contribution >= 4 is 34.1 Å². The number of aliphatic imine (C=N–C) groups is 1. The van der Waals surface area contributed by atoms with Gasteiger partial charge in [-0.05, 0) is 11.6 Å². The van der Waals surface area contributed by atoms with Crippen molar-refractivity contribution in [1.29, 1.82) is 0 Å². The van der Waals surface area contributed by atoms with E-state index in [1.807, 2.05) is 0 Å². The van der Waals surface area contributed by atoms with Gasteiger partial charge in [-0.2, -0.15) is 13.2 Å². The molecule has 0 aromatic carbocycles. The molecule has 1 aromatic rings. The molecule has 1 aromatic heterocycles. The predicted molar refractivity (Wildman–Crippen MR) is 63.9 cm³/mol. The molecule has 3 N–H and O–H groups in total. The van der Waals surface area contributed by atoms with E-state index in [0.29, 0.717) is 0 Å². The van der Waals surface area contributed by atoms with Crippen molar-refractivity contribution in [2.24, 2.45) is 10.7 Å². The average molecular weight is 311 g/mol. The molecule has 10 heteroatoms. The minimum atomic E-state index is -4.59. The fourth-order valence-electron chi connectivity index (χ4n) is 1.39. The zero-order chi connectivity index (χ0) is 14.2. The largest absolute Gasteiger partial charge is 0.416 e. The molecule has 0 radical (unpaired) electrons. The van der Waals surface area contributed by atoms with Gasteiger partial charge in [-0.15, -0.1) is 11.3 Å². The third-order valence-corrected chi connectivity index (χ3v) is 3.32. The number of carbonyl (C=O) groups is 1. The maximum absolute atomic E-state index is 12.8. The first-order valence-electron chi connectivity index (χ1n) is 4.81. The molecule has 1 amide bonds. The summed E-state index contributed by atoms with van der Waals surface area (Å²) in [6.07, 6.45) is -3.86. The van der Waals surface area contributed by atoms with Gasteiger partial charge >= 0.3 is 6.18 Å². The molecule has 0 spiro atoms. The molecule has 0 saturated carbocycles. The van der Waals surface area contributed by atoms with Gasteiger partial charge in [0.1, 0.15) is 16.7 Å². The Hall–Kier alpha value is -1.61. The Kier molecular flexibility index (Phi) is 3.50. The van der Waals surface area contributed by atoms with Crippen molar-refractivity contribution in [1.82, 2.24) is 10.3 Å². The third kappa shape index (κ3) is 2.87. The van der Waals surface area contributed by atoms with Gasteiger partial charge in [0, 0.05) is 11.6 Å². The number of thiazole rings is 1. The summed E-state index contributed by atoms with van der Waals surface area (Å²) in [4.78, 5) is 18.3. The first-order valence-corrected chi connectivity index (χ1v) is 6.07. The smallest absolute Gasteiger partial charge is 0.364 e. The minimum Gasteiger partial charge on any atom is -0.364 e. The monoisotopic (exact) mass is 310 g/mol. The van der Waals surface area contributed by atoms with Crippen LogP contribution < -0.4 is 11.1 Å². The van der Waals surface area contributed by atoms with Crippen molar-refractivity contribution in [3.63, 3.8) is 0 Å². The Morgan fingerprint density at radius 1 is 1.53 bits per heavy atom. The second kappa shape index (κ2) is 4.82. The van der Waals surface area contributed by atoms with Gasteiger partial charge in [0.15, 0.2) is 5.29 Å². The molecular weight excluding hydrogens is 305 g/mol. The van der Waals surface area contributed by atoms with E-state index in [4.69, 9.17) is 17.3 Å². The van der Waals surface area contributed by atoms with Crippen LogP contribution in [-0.2, 0) is 0 Å². The van der Waals surface area contributed by atoms with E-state index in [2.05, 4.69) is 15.3 Å². The Morgan fingerprint density at radius 3 is 2.74 bits per heavy atom. The first-order chi connectivity index (χ1) is 8.79. The van der Waals surface area contributed by atoms with Crippen molar-refractivity contribution in [3.05, 3.63) is 27.9 Å². The average Bonchev–Trinajstić information content (AvgIpc) is 2.76. The number of alkyl halides is 3. The van der Waals surface area contributed by atoms with Crippen LogP contribution in [0.15, 0.2) is 22.1 Å². The number of amides is 1. The van der Waals surface area contributed by atoms with Crippen molar-refractivity contribution in [2.45, 2.75) is 12.2 Å². The second-order valence-corrected chi connectivity index (χ2v) is 4.75. The highest BCUT2D eigenvalue weighted by Crippen LogP contribution is 2.40. The fraction of sp³-hybridized carbons (Fsp3) is 0.222. The molecule has 0 aliphatic carbocycles. The molecule has 0 saturated heterocycles. The number of nitrogens with two attached hydrogens (primary N) is 1. The third-order valence-electron chi connectivity index (χ3n) is 2.22. The summed E-state index contributed by atoms with van der Waals surface area (Å²) in [5, 5.41) is 3.27. The van der Waals surface area contributed by atoms with Crippen molar-refractivity contribution in [3.8, 4) is 0 Å². The van der Waals surface area contributed by atoms with Gasteiger partial charge in [0.2, 0.25) is 0 Å². The van der Waals surface area contributed by atoms with Crippen molar-refractivity contribution < 1.29 is 18.0 Å². The topological polar surface area (TPSA) is 80.4 Å². The van der Waals surface area contributed by atoms with Crippen LogP contribution in [0.2, 0.25) is 0 Å². The van der Waals surface area contributed by atoms with Crippen LogP contribution in [0.25, 0.3) is 0 Å². The number of hydrogen-bond acceptors (Lipinski definition) is 5. The van der Waals surface area contributed by atoms with E-state index in [-0.39, 0.29) is 16.0 Å². The lowest BCUT2D eigenvalue weighted by molar-refractivity contribution is -0.0962. The van der Waals surface area contributed by atoms with Crippen molar-refractivity contribution in [2.75, 3.05) is 0 Å². The highest BCUT2D eigenvalue weighted by Gasteiger charge is 2.42. The number of primary amides is 1. The summed E-state index contributed by atoms with van der Waals surface area (Å²) in [5.41, 5.74) is 3.95. The number of hydrogen-bond donors (Lipinski definition) is 2. The summed E-state index contributed by atoms with van der Waals surface area (Å²) >= 11 is 6.42. The van der Waals surface area contributed by atoms with E-state index < -0.39 is 23.7 Å². The lowest BCUT2D eigenvalue weighted by Gasteiger charge is -2.21. The number of rotatable bonds is 2. The zero-order valence-corrected chi connectivity index (χ0v) is 10.6. The van der Waals surface area contributed by atoms with E-state index in [1.165, 1.54) is 5.38 Å². The molecule has 1 atom stereocenters. The van der Waals surface area contributed by atoms with Crippen LogP contribution in [0, 0.1) is 0 Å². The van der Waals surface area contributed by atoms with Crippen LogP contribution in [-0.4, -0.2) is 22.4 Å². The molecule has 5 nitrogen and oxygen atoms in total. The molecule has 19 heavy (non-hydrogen) atoms. The molecule has 0 fully saturated rings. The van der Waals surface area contributed by atoms with Crippen LogP contribution in [0.4, 0.5) is 13.2 Å². The standard InChI is InChI=1S/C9H6ClF3N4OS/c10-8-15-1-3(9(11,12)13)5(17-8)7-16-4(2-19-7)6(14)18/h1-2,5H,(H2,14,18)(H,15,17). The lowest BCUT2D eigenvalue weighted by Crippen LogP contribution is -2.27. The molecule has 2 rings (SSSR count). The van der Waals surface area contributed by atoms with E-state index >= 15 is 0 Å². The number of halogens is 4. The first kappa shape index (κ1) is 13.8. The number of nitrogens with zero attached hydrogens (tertiary/aromatic N) is 2. The summed E-state index contributed by atoms with van der Waals surface area (Å²) < 4.78 is 38.5. The molecule has 0 bridgehead atoms. The Morgan fingerprint density at radius 2 is 2.21 bits per heavy atom. The van der Waals surface area contributed by atoms with Crippen LogP contribution >= 0.6 is 22.9 Å². The molecule has 2 heterocycles.